The molecule has 1 N–H and O–H groups in total. The predicted molar refractivity (Wildman–Crippen MR) is 65.1 cm³/mol. The summed E-state index contributed by atoms with van der Waals surface area (Å²) in [6.07, 6.45) is 8.13. The van der Waals surface area contributed by atoms with E-state index in [1.54, 1.807) is 0 Å². The van der Waals surface area contributed by atoms with Gasteiger partial charge in [0.25, 0.3) is 0 Å². The second-order valence-electron chi connectivity index (χ2n) is 3.99. The zero-order chi connectivity index (χ0) is 10.5. The van der Waals surface area contributed by atoms with Gasteiger partial charge in [0, 0.05) is 17.6 Å². The van der Waals surface area contributed by atoms with Gasteiger partial charge in [-0.1, -0.05) is 35.9 Å². The minimum Gasteiger partial charge on any atom is -0.310 e. The summed E-state index contributed by atoms with van der Waals surface area (Å²) in [5.41, 5.74) is 1.26. The van der Waals surface area contributed by atoms with Crippen LogP contribution in [0, 0.1) is 0 Å². The van der Waals surface area contributed by atoms with Crippen LogP contribution in [-0.2, 0) is 6.54 Å². The Morgan fingerprint density at radius 3 is 3.00 bits per heavy atom. The van der Waals surface area contributed by atoms with Gasteiger partial charge in [-0.2, -0.15) is 0 Å². The fourth-order valence-corrected chi connectivity index (χ4v) is 2.10. The van der Waals surface area contributed by atoms with Crippen molar-refractivity contribution in [2.75, 3.05) is 0 Å². The first-order valence-electron chi connectivity index (χ1n) is 5.47. The highest BCUT2D eigenvalue weighted by atomic mass is 35.5. The maximum absolute atomic E-state index is 5.93. The Labute approximate surface area is 96.1 Å². The van der Waals surface area contributed by atoms with E-state index >= 15 is 0 Å². The average molecular weight is 222 g/mol. The number of rotatable bonds is 3. The SMILES string of the molecule is Clc1cccc(CNC2CC=CCC2)c1. The van der Waals surface area contributed by atoms with Crippen molar-refractivity contribution >= 4 is 11.6 Å². The summed E-state index contributed by atoms with van der Waals surface area (Å²) in [7, 11) is 0. The molecule has 0 fully saturated rings. The lowest BCUT2D eigenvalue weighted by Gasteiger charge is -2.19. The maximum atomic E-state index is 5.93. The number of hydrogen-bond donors (Lipinski definition) is 1. The number of allylic oxidation sites excluding steroid dienone is 1. The highest BCUT2D eigenvalue weighted by molar-refractivity contribution is 6.30. The molecule has 0 saturated carbocycles. The van der Waals surface area contributed by atoms with E-state index in [0.29, 0.717) is 6.04 Å². The Bertz CT molecular complexity index is 346. The van der Waals surface area contributed by atoms with E-state index in [1.807, 2.05) is 18.2 Å². The molecule has 1 unspecified atom stereocenters. The number of halogens is 1. The lowest BCUT2D eigenvalue weighted by molar-refractivity contribution is 0.474. The molecule has 1 aromatic carbocycles. The average Bonchev–Trinajstić information content (AvgIpc) is 2.28. The van der Waals surface area contributed by atoms with E-state index in [-0.39, 0.29) is 0 Å². The first-order valence-corrected chi connectivity index (χ1v) is 5.85. The fourth-order valence-electron chi connectivity index (χ4n) is 1.89. The molecule has 1 aromatic rings. The van der Waals surface area contributed by atoms with E-state index < -0.39 is 0 Å². The first kappa shape index (κ1) is 10.7. The van der Waals surface area contributed by atoms with E-state index in [9.17, 15) is 0 Å². The molecular formula is C13H16ClN. The van der Waals surface area contributed by atoms with Gasteiger partial charge in [-0.3, -0.25) is 0 Å². The number of nitrogens with one attached hydrogen (secondary N) is 1. The van der Waals surface area contributed by atoms with Crippen molar-refractivity contribution in [3.63, 3.8) is 0 Å². The molecule has 2 heteroatoms. The monoisotopic (exact) mass is 221 g/mol. The third-order valence-electron chi connectivity index (χ3n) is 2.75. The van der Waals surface area contributed by atoms with E-state index in [1.165, 1.54) is 18.4 Å². The lowest BCUT2D eigenvalue weighted by atomic mass is 10.0. The van der Waals surface area contributed by atoms with E-state index in [0.717, 1.165) is 18.0 Å². The summed E-state index contributed by atoms with van der Waals surface area (Å²) in [5, 5.41) is 4.37. The van der Waals surface area contributed by atoms with Gasteiger partial charge in [0.05, 0.1) is 0 Å². The number of hydrogen-bond acceptors (Lipinski definition) is 1. The molecular weight excluding hydrogens is 206 g/mol. The molecule has 0 bridgehead atoms. The topological polar surface area (TPSA) is 12.0 Å². The summed E-state index contributed by atoms with van der Waals surface area (Å²) >= 11 is 5.93. The molecule has 1 aliphatic rings. The van der Waals surface area contributed by atoms with Crippen LogP contribution in [0.1, 0.15) is 24.8 Å². The van der Waals surface area contributed by atoms with Crippen molar-refractivity contribution in [2.45, 2.75) is 31.8 Å². The van der Waals surface area contributed by atoms with Crippen molar-refractivity contribution < 1.29 is 0 Å². The largest absolute Gasteiger partial charge is 0.310 e. The minimum atomic E-state index is 0.633. The molecule has 0 amide bonds. The summed E-state index contributed by atoms with van der Waals surface area (Å²) in [6.45, 7) is 0.916. The molecule has 0 saturated heterocycles. The number of benzene rings is 1. The summed E-state index contributed by atoms with van der Waals surface area (Å²) in [6, 6.07) is 8.67. The fraction of sp³-hybridized carbons (Fsp3) is 0.385. The van der Waals surface area contributed by atoms with Crippen molar-refractivity contribution in [1.29, 1.82) is 0 Å². The molecule has 0 aliphatic heterocycles. The van der Waals surface area contributed by atoms with Crippen molar-refractivity contribution in [1.82, 2.24) is 5.32 Å². The molecule has 0 heterocycles. The van der Waals surface area contributed by atoms with Gasteiger partial charge in [-0.05, 0) is 37.0 Å². The molecule has 15 heavy (non-hydrogen) atoms. The van der Waals surface area contributed by atoms with Crippen LogP contribution >= 0.6 is 11.6 Å². The van der Waals surface area contributed by atoms with Gasteiger partial charge >= 0.3 is 0 Å². The summed E-state index contributed by atoms with van der Waals surface area (Å²) in [4.78, 5) is 0. The second-order valence-corrected chi connectivity index (χ2v) is 4.43. The second kappa shape index (κ2) is 5.34. The molecule has 0 aromatic heterocycles. The van der Waals surface area contributed by atoms with Crippen LogP contribution in [0.15, 0.2) is 36.4 Å². The van der Waals surface area contributed by atoms with Gasteiger partial charge < -0.3 is 5.32 Å². The van der Waals surface area contributed by atoms with Crippen LogP contribution in [0.25, 0.3) is 0 Å². The highest BCUT2D eigenvalue weighted by Gasteiger charge is 2.08. The summed E-state index contributed by atoms with van der Waals surface area (Å²) in [5.74, 6) is 0. The Morgan fingerprint density at radius 2 is 2.27 bits per heavy atom. The van der Waals surface area contributed by atoms with Crippen molar-refractivity contribution in [3.8, 4) is 0 Å². The van der Waals surface area contributed by atoms with Crippen LogP contribution in [0.5, 0.6) is 0 Å². The smallest absolute Gasteiger partial charge is 0.0409 e. The van der Waals surface area contributed by atoms with E-state index in [4.69, 9.17) is 11.6 Å². The molecule has 1 atom stereocenters. The van der Waals surface area contributed by atoms with Gasteiger partial charge in [0.1, 0.15) is 0 Å². The van der Waals surface area contributed by atoms with E-state index in [2.05, 4.69) is 23.5 Å². The van der Waals surface area contributed by atoms with Crippen LogP contribution < -0.4 is 5.32 Å². The third kappa shape index (κ3) is 3.37. The van der Waals surface area contributed by atoms with Gasteiger partial charge in [0.2, 0.25) is 0 Å². The Balaban J connectivity index is 1.84. The Morgan fingerprint density at radius 1 is 1.33 bits per heavy atom. The summed E-state index contributed by atoms with van der Waals surface area (Å²) < 4.78 is 0. The molecule has 0 radical (unpaired) electrons. The maximum Gasteiger partial charge on any atom is 0.0409 e. The molecule has 0 spiro atoms. The van der Waals surface area contributed by atoms with Crippen molar-refractivity contribution in [3.05, 3.63) is 47.0 Å². The quantitative estimate of drug-likeness (QED) is 0.770. The standard InChI is InChI=1S/C13H16ClN/c14-12-6-4-5-11(9-12)10-15-13-7-2-1-3-8-13/h1-2,4-6,9,13,15H,3,7-8,10H2. The van der Waals surface area contributed by atoms with Crippen LogP contribution in [-0.4, -0.2) is 6.04 Å². The molecule has 2 rings (SSSR count). The van der Waals surface area contributed by atoms with Gasteiger partial charge in [-0.25, -0.2) is 0 Å². The Kier molecular flexibility index (Phi) is 3.81. The minimum absolute atomic E-state index is 0.633. The third-order valence-corrected chi connectivity index (χ3v) is 2.99. The Hall–Kier alpha value is -0.790. The molecule has 80 valence electrons. The highest BCUT2D eigenvalue weighted by Crippen LogP contribution is 2.13. The van der Waals surface area contributed by atoms with Crippen LogP contribution in [0.4, 0.5) is 0 Å². The lowest BCUT2D eigenvalue weighted by Crippen LogP contribution is -2.29. The van der Waals surface area contributed by atoms with Crippen LogP contribution in [0.3, 0.4) is 0 Å². The molecule has 1 aliphatic carbocycles. The van der Waals surface area contributed by atoms with Crippen LogP contribution in [0.2, 0.25) is 5.02 Å². The van der Waals surface area contributed by atoms with Gasteiger partial charge in [-0.15, -0.1) is 0 Å². The first-order chi connectivity index (χ1) is 7.34. The zero-order valence-electron chi connectivity index (χ0n) is 8.75. The van der Waals surface area contributed by atoms with Crippen molar-refractivity contribution in [2.24, 2.45) is 0 Å². The van der Waals surface area contributed by atoms with Gasteiger partial charge in [0.15, 0.2) is 0 Å². The molecule has 1 nitrogen and oxygen atoms in total. The normalized spacial score (nSPS) is 20.5. The zero-order valence-corrected chi connectivity index (χ0v) is 9.50. The predicted octanol–water partition coefficient (Wildman–Crippen LogP) is 3.54.